The maximum Gasteiger partial charge on any atom is 0.141 e. The zero-order valence-electron chi connectivity index (χ0n) is 9.74. The lowest BCUT2D eigenvalue weighted by atomic mass is 9.79. The first-order valence-electron chi connectivity index (χ1n) is 6.60. The van der Waals surface area contributed by atoms with E-state index in [0.717, 1.165) is 24.6 Å². The van der Waals surface area contributed by atoms with E-state index in [4.69, 9.17) is 4.52 Å². The van der Waals surface area contributed by atoms with Gasteiger partial charge in [0.05, 0.1) is 6.20 Å². The summed E-state index contributed by atoms with van der Waals surface area (Å²) < 4.78 is 5.43. The number of piperidine rings is 1. The molecule has 1 aliphatic carbocycles. The molecule has 0 amide bonds. The van der Waals surface area contributed by atoms with Crippen LogP contribution >= 0.6 is 0 Å². The van der Waals surface area contributed by atoms with E-state index >= 15 is 0 Å². The predicted octanol–water partition coefficient (Wildman–Crippen LogP) is 2.63. The van der Waals surface area contributed by atoms with Crippen LogP contribution in [0.5, 0.6) is 0 Å². The fourth-order valence-electron chi connectivity index (χ4n) is 2.80. The van der Waals surface area contributed by atoms with Crippen molar-refractivity contribution in [1.82, 2.24) is 10.5 Å². The maximum absolute atomic E-state index is 5.43. The molecule has 0 radical (unpaired) electrons. The van der Waals surface area contributed by atoms with Crippen LogP contribution < -0.4 is 5.32 Å². The highest BCUT2D eigenvalue weighted by molar-refractivity contribution is 5.22. The van der Waals surface area contributed by atoms with Crippen molar-refractivity contribution in [2.75, 3.05) is 6.54 Å². The highest BCUT2D eigenvalue weighted by atomic mass is 16.5. The van der Waals surface area contributed by atoms with Crippen molar-refractivity contribution in [1.29, 1.82) is 0 Å². The van der Waals surface area contributed by atoms with Crippen molar-refractivity contribution in [2.24, 2.45) is 0 Å². The van der Waals surface area contributed by atoms with Gasteiger partial charge in [0.15, 0.2) is 0 Å². The van der Waals surface area contributed by atoms with Gasteiger partial charge in [-0.3, -0.25) is 0 Å². The van der Waals surface area contributed by atoms with Gasteiger partial charge in [0.25, 0.3) is 0 Å². The van der Waals surface area contributed by atoms with Gasteiger partial charge < -0.3 is 9.84 Å². The van der Waals surface area contributed by atoms with Gasteiger partial charge in [-0.2, -0.15) is 0 Å². The van der Waals surface area contributed by atoms with E-state index in [0.29, 0.717) is 6.04 Å². The molecule has 1 atom stereocenters. The first-order valence-corrected chi connectivity index (χ1v) is 6.60. The highest BCUT2D eigenvalue weighted by Gasteiger charge is 2.26. The average molecular weight is 220 g/mol. The monoisotopic (exact) mass is 220 g/mol. The van der Waals surface area contributed by atoms with Gasteiger partial charge in [-0.05, 0) is 38.1 Å². The minimum Gasteiger partial charge on any atom is -0.361 e. The molecule has 1 unspecified atom stereocenters. The summed E-state index contributed by atoms with van der Waals surface area (Å²) >= 11 is 0. The number of nitrogens with zero attached hydrogens (tertiary/aromatic N) is 1. The second-order valence-corrected chi connectivity index (χ2v) is 5.18. The standard InChI is InChI=1S/C13H20N2O/c1-2-7-14-11(6-1)8-13-12(9-15-16-13)10-4-3-5-10/h9-11,14H,1-8H2. The normalized spacial score (nSPS) is 26.6. The lowest BCUT2D eigenvalue weighted by Gasteiger charge is -2.26. The van der Waals surface area contributed by atoms with Crippen molar-refractivity contribution in [2.45, 2.75) is 56.9 Å². The molecule has 2 fully saturated rings. The molecule has 2 aliphatic rings. The Balaban J connectivity index is 1.66. The quantitative estimate of drug-likeness (QED) is 0.851. The molecular formula is C13H20N2O. The molecule has 3 nitrogen and oxygen atoms in total. The smallest absolute Gasteiger partial charge is 0.141 e. The van der Waals surface area contributed by atoms with Crippen molar-refractivity contribution >= 4 is 0 Å². The first-order chi connectivity index (χ1) is 7.93. The van der Waals surface area contributed by atoms with Crippen LogP contribution in [0.2, 0.25) is 0 Å². The minimum atomic E-state index is 0.612. The molecule has 3 rings (SSSR count). The molecule has 0 bridgehead atoms. The molecule has 1 saturated carbocycles. The number of aromatic nitrogens is 1. The highest BCUT2D eigenvalue weighted by Crippen LogP contribution is 2.38. The predicted molar refractivity (Wildman–Crippen MR) is 62.4 cm³/mol. The van der Waals surface area contributed by atoms with Crippen LogP contribution in [0.4, 0.5) is 0 Å². The van der Waals surface area contributed by atoms with Crippen molar-refractivity contribution in [3.8, 4) is 0 Å². The molecule has 1 aromatic heterocycles. The van der Waals surface area contributed by atoms with Gasteiger partial charge in [0.2, 0.25) is 0 Å². The van der Waals surface area contributed by atoms with Crippen molar-refractivity contribution < 1.29 is 4.52 Å². The Bertz CT molecular complexity index is 337. The SMILES string of the molecule is c1noc(CC2CCCCN2)c1C1CCC1. The average Bonchev–Trinajstić information content (AvgIpc) is 2.66. The van der Waals surface area contributed by atoms with E-state index in [1.165, 1.54) is 44.1 Å². The third-order valence-corrected chi connectivity index (χ3v) is 4.07. The largest absolute Gasteiger partial charge is 0.361 e. The maximum atomic E-state index is 5.43. The van der Waals surface area contributed by atoms with E-state index in [2.05, 4.69) is 10.5 Å². The molecule has 16 heavy (non-hydrogen) atoms. The Hall–Kier alpha value is -0.830. The lowest BCUT2D eigenvalue weighted by Crippen LogP contribution is -2.35. The summed E-state index contributed by atoms with van der Waals surface area (Å²) in [5.41, 5.74) is 1.39. The van der Waals surface area contributed by atoms with Gasteiger partial charge >= 0.3 is 0 Å². The third kappa shape index (κ3) is 2.01. The summed E-state index contributed by atoms with van der Waals surface area (Å²) in [5.74, 6) is 1.88. The van der Waals surface area contributed by atoms with Gasteiger partial charge in [-0.15, -0.1) is 0 Å². The second-order valence-electron chi connectivity index (χ2n) is 5.18. The van der Waals surface area contributed by atoms with E-state index in [-0.39, 0.29) is 0 Å². The second kappa shape index (κ2) is 4.58. The number of nitrogens with one attached hydrogen (secondary N) is 1. The molecule has 1 saturated heterocycles. The van der Waals surface area contributed by atoms with E-state index in [1.54, 1.807) is 0 Å². The van der Waals surface area contributed by atoms with Gasteiger partial charge in [0.1, 0.15) is 5.76 Å². The van der Waals surface area contributed by atoms with Gasteiger partial charge in [-0.1, -0.05) is 18.0 Å². The molecule has 2 heterocycles. The van der Waals surface area contributed by atoms with Crippen LogP contribution in [-0.4, -0.2) is 17.7 Å². The summed E-state index contributed by atoms with van der Waals surface area (Å²) in [6.07, 6.45) is 11.0. The van der Waals surface area contributed by atoms with Crippen molar-refractivity contribution in [3.63, 3.8) is 0 Å². The van der Waals surface area contributed by atoms with Crippen LogP contribution in [0.1, 0.15) is 55.8 Å². The van der Waals surface area contributed by atoms with E-state index in [9.17, 15) is 0 Å². The summed E-state index contributed by atoms with van der Waals surface area (Å²) in [7, 11) is 0. The third-order valence-electron chi connectivity index (χ3n) is 4.07. The van der Waals surface area contributed by atoms with Crippen LogP contribution in [0, 0.1) is 0 Å². The van der Waals surface area contributed by atoms with Crippen LogP contribution in [0.15, 0.2) is 10.7 Å². The Morgan fingerprint density at radius 1 is 1.25 bits per heavy atom. The zero-order chi connectivity index (χ0) is 10.8. The number of hydrogen-bond donors (Lipinski definition) is 1. The number of rotatable bonds is 3. The zero-order valence-corrected chi connectivity index (χ0v) is 9.74. The summed E-state index contributed by atoms with van der Waals surface area (Å²) in [5, 5.41) is 7.56. The summed E-state index contributed by atoms with van der Waals surface area (Å²) in [6, 6.07) is 0.612. The van der Waals surface area contributed by atoms with Crippen molar-refractivity contribution in [3.05, 3.63) is 17.5 Å². The molecule has 1 aliphatic heterocycles. The summed E-state index contributed by atoms with van der Waals surface area (Å²) in [6.45, 7) is 1.16. The first kappa shape index (κ1) is 10.3. The Morgan fingerprint density at radius 3 is 2.88 bits per heavy atom. The topological polar surface area (TPSA) is 38.1 Å². The number of hydrogen-bond acceptors (Lipinski definition) is 3. The Morgan fingerprint density at radius 2 is 2.19 bits per heavy atom. The molecule has 1 aromatic rings. The van der Waals surface area contributed by atoms with E-state index < -0.39 is 0 Å². The van der Waals surface area contributed by atoms with E-state index in [1.807, 2.05) is 6.20 Å². The van der Waals surface area contributed by atoms with Crippen LogP contribution in [-0.2, 0) is 6.42 Å². The van der Waals surface area contributed by atoms with Crippen LogP contribution in [0.25, 0.3) is 0 Å². The molecule has 3 heteroatoms. The Kier molecular flexibility index (Phi) is 2.96. The molecule has 0 spiro atoms. The molecule has 88 valence electrons. The van der Waals surface area contributed by atoms with Gasteiger partial charge in [-0.25, -0.2) is 0 Å². The molecular weight excluding hydrogens is 200 g/mol. The minimum absolute atomic E-state index is 0.612. The van der Waals surface area contributed by atoms with Crippen LogP contribution in [0.3, 0.4) is 0 Å². The molecule has 1 N–H and O–H groups in total. The fraction of sp³-hybridized carbons (Fsp3) is 0.769. The summed E-state index contributed by atoms with van der Waals surface area (Å²) in [4.78, 5) is 0. The lowest BCUT2D eigenvalue weighted by molar-refractivity contribution is 0.329. The Labute approximate surface area is 96.6 Å². The fourth-order valence-corrected chi connectivity index (χ4v) is 2.80. The molecule has 0 aromatic carbocycles. The van der Waals surface area contributed by atoms with Gasteiger partial charge in [0, 0.05) is 18.0 Å².